The Morgan fingerprint density at radius 1 is 0.933 bits per heavy atom. The number of unbranched alkanes of at least 4 members (excludes halogenated alkanes) is 7. The number of nitrogens with one attached hydrogen (secondary N) is 1. The van der Waals surface area contributed by atoms with Crippen LogP contribution in [0.4, 0.5) is 13.2 Å². The lowest BCUT2D eigenvalue weighted by atomic mass is 9.83. The van der Waals surface area contributed by atoms with Crippen LogP contribution < -0.4 is 5.32 Å². The third-order valence-corrected chi connectivity index (χ3v) is 8.15. The Balaban J connectivity index is 0. The van der Waals surface area contributed by atoms with Crippen LogP contribution in [0.1, 0.15) is 162 Å². The van der Waals surface area contributed by atoms with Gasteiger partial charge < -0.3 is 5.32 Å². The zero-order valence-electron chi connectivity index (χ0n) is 30.6. The minimum Gasteiger partial charge on any atom is -0.313 e. The molecule has 1 N–H and O–H groups in total. The van der Waals surface area contributed by atoms with Gasteiger partial charge in [0.15, 0.2) is 0 Å². The molecule has 1 nitrogen and oxygen atoms in total. The summed E-state index contributed by atoms with van der Waals surface area (Å²) in [6.07, 6.45) is 13.4. The maximum Gasteiger partial charge on any atom is 0.406 e. The lowest BCUT2D eigenvalue weighted by molar-refractivity contribution is -0.137. The number of allylic oxidation sites excluding steroid dienone is 3. The van der Waals surface area contributed by atoms with E-state index >= 15 is 0 Å². The van der Waals surface area contributed by atoms with Gasteiger partial charge in [0.25, 0.3) is 0 Å². The van der Waals surface area contributed by atoms with E-state index in [1.807, 2.05) is 59.8 Å². The number of halogens is 3. The number of rotatable bonds is 19. The van der Waals surface area contributed by atoms with Crippen LogP contribution in [0.5, 0.6) is 0 Å². The molecule has 0 saturated heterocycles. The first-order chi connectivity index (χ1) is 21.4. The zero-order chi connectivity index (χ0) is 34.7. The average Bonchev–Trinajstić information content (AvgIpc) is 3.02. The van der Waals surface area contributed by atoms with Crippen LogP contribution in [0, 0.1) is 17.8 Å². The van der Waals surface area contributed by atoms with Crippen molar-refractivity contribution >= 4 is 5.57 Å². The van der Waals surface area contributed by atoms with Crippen LogP contribution in [0.2, 0.25) is 0 Å². The Morgan fingerprint density at radius 2 is 1.53 bits per heavy atom. The monoisotopic (exact) mass is 632 g/mol. The van der Waals surface area contributed by atoms with E-state index in [1.54, 1.807) is 13.0 Å². The molecule has 45 heavy (non-hydrogen) atoms. The molecule has 0 bridgehead atoms. The van der Waals surface area contributed by atoms with E-state index in [9.17, 15) is 13.2 Å². The van der Waals surface area contributed by atoms with Crippen molar-refractivity contribution in [3.63, 3.8) is 0 Å². The van der Waals surface area contributed by atoms with Gasteiger partial charge in [-0.15, -0.1) is 6.58 Å². The summed E-state index contributed by atoms with van der Waals surface area (Å²) in [6.45, 7) is 27.6. The van der Waals surface area contributed by atoms with Crippen LogP contribution in [0.3, 0.4) is 0 Å². The normalized spacial score (nSPS) is 12.7. The molecule has 1 aromatic rings. The number of benzene rings is 1. The van der Waals surface area contributed by atoms with Gasteiger partial charge in [0.05, 0.1) is 0 Å². The molecule has 2 unspecified atom stereocenters. The van der Waals surface area contributed by atoms with Gasteiger partial charge in [-0.25, -0.2) is 0 Å². The van der Waals surface area contributed by atoms with Gasteiger partial charge in [0, 0.05) is 6.54 Å². The van der Waals surface area contributed by atoms with Gasteiger partial charge in [-0.3, -0.25) is 0 Å². The number of hydrogen-bond acceptors (Lipinski definition) is 1. The van der Waals surface area contributed by atoms with Crippen molar-refractivity contribution in [2.24, 2.45) is 5.92 Å². The molecule has 0 aliphatic rings. The van der Waals surface area contributed by atoms with Crippen LogP contribution in [-0.4, -0.2) is 19.3 Å². The third-order valence-electron chi connectivity index (χ3n) is 8.15. The molecule has 0 saturated carbocycles. The first-order valence-electron chi connectivity index (χ1n) is 17.8. The molecule has 0 heterocycles. The predicted octanol–water partition coefficient (Wildman–Crippen LogP) is 13.4. The molecule has 2 atom stereocenters. The molecule has 0 aliphatic heterocycles. The molecule has 0 amide bonds. The summed E-state index contributed by atoms with van der Waals surface area (Å²) in [5.41, 5.74) is 4.15. The predicted molar refractivity (Wildman–Crippen MR) is 196 cm³/mol. The van der Waals surface area contributed by atoms with Crippen molar-refractivity contribution in [3.8, 4) is 11.8 Å². The SMILES string of the molecule is C=C(C)C#CC(c1c(CCCC)cccc1/C(C)=C(\C)CC)C(F)(F)F.C=CCNCCCCCCCCCC(C)CC.CC. The second-order valence-corrected chi connectivity index (χ2v) is 12.0. The summed E-state index contributed by atoms with van der Waals surface area (Å²) >= 11 is 0. The number of hydrogen-bond donors (Lipinski definition) is 1. The van der Waals surface area contributed by atoms with Crippen molar-refractivity contribution in [3.05, 3.63) is 65.3 Å². The molecule has 1 aromatic carbocycles. The van der Waals surface area contributed by atoms with E-state index in [-0.39, 0.29) is 0 Å². The van der Waals surface area contributed by atoms with Gasteiger partial charge in [0.2, 0.25) is 0 Å². The van der Waals surface area contributed by atoms with Gasteiger partial charge in [-0.05, 0) is 86.8 Å². The van der Waals surface area contributed by atoms with Crippen LogP contribution in [0.25, 0.3) is 5.57 Å². The second kappa shape index (κ2) is 28.0. The molecule has 0 spiro atoms. The first-order valence-corrected chi connectivity index (χ1v) is 17.8. The molecule has 0 aromatic heterocycles. The minimum atomic E-state index is -4.43. The van der Waals surface area contributed by atoms with Gasteiger partial charge in [-0.2, -0.15) is 13.2 Å². The molecular weight excluding hydrogens is 563 g/mol. The van der Waals surface area contributed by atoms with E-state index in [4.69, 9.17) is 0 Å². The number of alkyl halides is 3. The maximum atomic E-state index is 13.9. The zero-order valence-corrected chi connectivity index (χ0v) is 30.6. The highest BCUT2D eigenvalue weighted by Gasteiger charge is 2.42. The van der Waals surface area contributed by atoms with E-state index in [2.05, 4.69) is 44.2 Å². The van der Waals surface area contributed by atoms with Crippen molar-refractivity contribution in [2.75, 3.05) is 13.1 Å². The van der Waals surface area contributed by atoms with Crippen molar-refractivity contribution in [1.29, 1.82) is 0 Å². The highest BCUT2D eigenvalue weighted by molar-refractivity contribution is 5.71. The molecular formula is C41H68F3N. The largest absolute Gasteiger partial charge is 0.406 e. The van der Waals surface area contributed by atoms with Crippen LogP contribution >= 0.6 is 0 Å². The fourth-order valence-electron chi connectivity index (χ4n) is 4.91. The topological polar surface area (TPSA) is 12.0 Å². The Bertz CT molecular complexity index is 1010. The molecule has 0 radical (unpaired) electrons. The second-order valence-electron chi connectivity index (χ2n) is 12.0. The lowest BCUT2D eigenvalue weighted by Gasteiger charge is -2.23. The summed E-state index contributed by atoms with van der Waals surface area (Å²) in [6, 6.07) is 5.46. The average molecular weight is 632 g/mol. The fraction of sp³-hybridized carbons (Fsp3) is 0.659. The highest BCUT2D eigenvalue weighted by atomic mass is 19.4. The quantitative estimate of drug-likeness (QED) is 0.0910. The van der Waals surface area contributed by atoms with E-state index < -0.39 is 12.1 Å². The molecule has 0 fully saturated rings. The summed E-state index contributed by atoms with van der Waals surface area (Å²) in [5, 5.41) is 3.35. The maximum absolute atomic E-state index is 13.9. The summed E-state index contributed by atoms with van der Waals surface area (Å²) in [4.78, 5) is 0. The molecule has 0 aliphatic carbocycles. The van der Waals surface area contributed by atoms with E-state index in [0.717, 1.165) is 55.0 Å². The van der Waals surface area contributed by atoms with E-state index in [0.29, 0.717) is 23.1 Å². The van der Waals surface area contributed by atoms with Crippen molar-refractivity contribution in [2.45, 2.75) is 158 Å². The van der Waals surface area contributed by atoms with Crippen molar-refractivity contribution < 1.29 is 13.2 Å². The lowest BCUT2D eigenvalue weighted by Crippen LogP contribution is -2.22. The first kappa shape index (κ1) is 44.9. The Morgan fingerprint density at radius 3 is 2.04 bits per heavy atom. The van der Waals surface area contributed by atoms with Crippen LogP contribution in [0.15, 0.2) is 48.6 Å². The standard InChI is InChI=1S/C23H29F3.C16H33N.C2H6/c1-7-9-11-19-12-10-13-20(18(6)17(5)8-2)22(19)21(23(24,25)26)15-14-16(3)4;1-4-14-17-15-12-10-8-6-7-9-11-13-16(3)5-2;1-2/h10,12-13,21H,3,7-9,11H2,1-2,4-6H3;4,16-17H,1,5-15H2,2-3H3;1-2H3/b18-17+;;. The summed E-state index contributed by atoms with van der Waals surface area (Å²) in [5.74, 6) is 4.14. The molecule has 1 rings (SSSR count). The Kier molecular flexibility index (Phi) is 27.9. The Hall–Kier alpha value is -2.25. The minimum absolute atomic E-state index is 0.313. The fourth-order valence-corrected chi connectivity index (χ4v) is 4.91. The number of aryl methyl sites for hydroxylation is 1. The van der Waals surface area contributed by atoms with E-state index in [1.165, 1.54) is 57.8 Å². The van der Waals surface area contributed by atoms with Gasteiger partial charge in [0.1, 0.15) is 5.92 Å². The summed E-state index contributed by atoms with van der Waals surface area (Å²) in [7, 11) is 0. The smallest absolute Gasteiger partial charge is 0.313 e. The molecule has 4 heteroatoms. The van der Waals surface area contributed by atoms with Gasteiger partial charge >= 0.3 is 6.18 Å². The summed E-state index contributed by atoms with van der Waals surface area (Å²) < 4.78 is 41.8. The third kappa shape index (κ3) is 21.2. The van der Waals surface area contributed by atoms with Crippen LogP contribution in [-0.2, 0) is 6.42 Å². The van der Waals surface area contributed by atoms with Gasteiger partial charge in [-0.1, -0.05) is 148 Å². The highest BCUT2D eigenvalue weighted by Crippen LogP contribution is 2.41. The van der Waals surface area contributed by atoms with Crippen molar-refractivity contribution in [1.82, 2.24) is 5.32 Å². The molecule has 258 valence electrons. The Labute approximate surface area is 277 Å².